The van der Waals surface area contributed by atoms with Crippen LogP contribution in [0.25, 0.3) is 0 Å². The zero-order valence-corrected chi connectivity index (χ0v) is 14.3. The molecule has 1 aromatic carbocycles. The molecule has 8 heteroatoms. The third kappa shape index (κ3) is 5.96. The van der Waals surface area contributed by atoms with Gasteiger partial charge in [-0.3, -0.25) is 4.79 Å². The fraction of sp³-hybridized carbons (Fsp3) is 0.500. The summed E-state index contributed by atoms with van der Waals surface area (Å²) in [7, 11) is -3.75. The van der Waals surface area contributed by atoms with Crippen LogP contribution in [0.4, 0.5) is 0 Å². The van der Waals surface area contributed by atoms with Gasteiger partial charge in [-0.1, -0.05) is 13.0 Å². The number of hydrogen-bond acceptors (Lipinski definition) is 5. The van der Waals surface area contributed by atoms with Crippen molar-refractivity contribution in [3.05, 3.63) is 29.8 Å². The van der Waals surface area contributed by atoms with E-state index >= 15 is 0 Å². The van der Waals surface area contributed by atoms with Gasteiger partial charge in [0.05, 0.1) is 11.5 Å². The first-order chi connectivity index (χ1) is 10.4. The third-order valence-electron chi connectivity index (χ3n) is 2.77. The fourth-order valence-electron chi connectivity index (χ4n) is 1.66. The Bertz CT molecular complexity index is 590. The van der Waals surface area contributed by atoms with Crippen LogP contribution in [0.5, 0.6) is 0 Å². The maximum atomic E-state index is 12.1. The van der Waals surface area contributed by atoms with Gasteiger partial charge in [0, 0.05) is 23.9 Å². The van der Waals surface area contributed by atoms with Gasteiger partial charge < -0.3 is 10.4 Å². The highest BCUT2D eigenvalue weighted by molar-refractivity contribution is 7.99. The molecule has 22 heavy (non-hydrogen) atoms. The van der Waals surface area contributed by atoms with Gasteiger partial charge in [-0.15, -0.1) is 0 Å². The predicted molar refractivity (Wildman–Crippen MR) is 88.6 cm³/mol. The second-order valence-electron chi connectivity index (χ2n) is 4.69. The van der Waals surface area contributed by atoms with E-state index in [4.69, 9.17) is 5.11 Å². The van der Waals surface area contributed by atoms with Crippen molar-refractivity contribution >= 4 is 27.7 Å². The first-order valence-electron chi connectivity index (χ1n) is 7.00. The molecule has 0 fully saturated rings. The lowest BCUT2D eigenvalue weighted by atomic mass is 10.2. The van der Waals surface area contributed by atoms with Crippen molar-refractivity contribution in [3.63, 3.8) is 0 Å². The molecule has 124 valence electrons. The number of nitrogens with one attached hydrogen (secondary N) is 2. The molecule has 0 aliphatic rings. The highest BCUT2D eigenvalue weighted by Gasteiger charge is 2.18. The lowest BCUT2D eigenvalue weighted by Crippen LogP contribution is -2.35. The summed E-state index contributed by atoms with van der Waals surface area (Å²) in [6, 6.07) is 5.24. The summed E-state index contributed by atoms with van der Waals surface area (Å²) < 4.78 is 26.6. The van der Waals surface area contributed by atoms with Crippen molar-refractivity contribution in [1.29, 1.82) is 0 Å². The van der Waals surface area contributed by atoms with Crippen molar-refractivity contribution in [2.45, 2.75) is 24.8 Å². The standard InChI is InChI=1S/C14H22N2O4S2/c1-3-21-8-7-15-14(18)12-5-4-6-13(9-12)22(19,20)16-11(2)10-17/h4-6,9,11,16-17H,3,7-8,10H2,1-2H3,(H,15,18)/t11-/m1/s1. The van der Waals surface area contributed by atoms with Gasteiger partial charge in [-0.25, -0.2) is 13.1 Å². The molecular formula is C14H22N2O4S2. The highest BCUT2D eigenvalue weighted by Crippen LogP contribution is 2.12. The highest BCUT2D eigenvalue weighted by atomic mass is 32.2. The Morgan fingerprint density at radius 3 is 2.77 bits per heavy atom. The summed E-state index contributed by atoms with van der Waals surface area (Å²) in [5, 5.41) is 11.7. The smallest absolute Gasteiger partial charge is 0.251 e. The Balaban J connectivity index is 2.79. The van der Waals surface area contributed by atoms with E-state index in [9.17, 15) is 13.2 Å². The number of sulfonamides is 1. The topological polar surface area (TPSA) is 95.5 Å². The largest absolute Gasteiger partial charge is 0.395 e. The van der Waals surface area contributed by atoms with Gasteiger partial charge >= 0.3 is 0 Å². The second kappa shape index (κ2) is 9.14. The summed E-state index contributed by atoms with van der Waals surface area (Å²) >= 11 is 1.72. The van der Waals surface area contributed by atoms with Crippen LogP contribution in [0.15, 0.2) is 29.2 Å². The molecular weight excluding hydrogens is 324 g/mol. The molecule has 0 unspecified atom stereocenters. The Morgan fingerprint density at radius 2 is 2.14 bits per heavy atom. The summed E-state index contributed by atoms with van der Waals surface area (Å²) in [6.45, 7) is 3.84. The molecule has 0 aliphatic heterocycles. The van der Waals surface area contributed by atoms with Gasteiger partial charge in [0.25, 0.3) is 5.91 Å². The van der Waals surface area contributed by atoms with Crippen LogP contribution in [0.2, 0.25) is 0 Å². The van der Waals surface area contributed by atoms with Gasteiger partial charge in [-0.05, 0) is 30.9 Å². The zero-order valence-electron chi connectivity index (χ0n) is 12.7. The fourth-order valence-corrected chi connectivity index (χ4v) is 3.47. The number of benzene rings is 1. The first-order valence-corrected chi connectivity index (χ1v) is 9.63. The van der Waals surface area contributed by atoms with E-state index in [-0.39, 0.29) is 17.4 Å². The number of hydrogen-bond donors (Lipinski definition) is 3. The monoisotopic (exact) mass is 346 g/mol. The van der Waals surface area contributed by atoms with E-state index in [1.165, 1.54) is 18.2 Å². The van der Waals surface area contributed by atoms with E-state index in [0.717, 1.165) is 11.5 Å². The van der Waals surface area contributed by atoms with E-state index in [2.05, 4.69) is 10.0 Å². The van der Waals surface area contributed by atoms with Crippen molar-refractivity contribution in [1.82, 2.24) is 10.0 Å². The molecule has 6 nitrogen and oxygen atoms in total. The Hall–Kier alpha value is -1.09. The number of aliphatic hydroxyl groups is 1. The number of aliphatic hydroxyl groups excluding tert-OH is 1. The molecule has 0 heterocycles. The molecule has 0 bridgehead atoms. The average molecular weight is 346 g/mol. The van der Waals surface area contributed by atoms with Crippen molar-refractivity contribution in [2.75, 3.05) is 24.7 Å². The normalized spacial score (nSPS) is 12.9. The SMILES string of the molecule is CCSCCNC(=O)c1cccc(S(=O)(=O)N[C@H](C)CO)c1. The second-order valence-corrected chi connectivity index (χ2v) is 7.79. The lowest BCUT2D eigenvalue weighted by molar-refractivity contribution is 0.0956. The molecule has 0 radical (unpaired) electrons. The molecule has 0 saturated carbocycles. The van der Waals surface area contributed by atoms with Gasteiger partial charge in [-0.2, -0.15) is 11.8 Å². The summed E-state index contributed by atoms with van der Waals surface area (Å²) in [4.78, 5) is 12.0. The number of rotatable bonds is 9. The minimum absolute atomic E-state index is 0.00313. The van der Waals surface area contributed by atoms with Crippen LogP contribution < -0.4 is 10.0 Å². The lowest BCUT2D eigenvalue weighted by Gasteiger charge is -2.12. The summed E-state index contributed by atoms with van der Waals surface area (Å²) in [5.41, 5.74) is 0.293. The molecule has 0 aliphatic carbocycles. The molecule has 1 atom stereocenters. The van der Waals surface area contributed by atoms with Crippen molar-refractivity contribution < 1.29 is 18.3 Å². The quantitative estimate of drug-likeness (QED) is 0.576. The minimum Gasteiger partial charge on any atom is -0.395 e. The molecule has 0 saturated heterocycles. The van der Waals surface area contributed by atoms with Crippen LogP contribution in [0.1, 0.15) is 24.2 Å². The predicted octanol–water partition coefficient (Wildman–Crippen LogP) is 0.829. The summed E-state index contributed by atoms with van der Waals surface area (Å²) in [5.74, 6) is 1.50. The van der Waals surface area contributed by atoms with Crippen molar-refractivity contribution in [2.24, 2.45) is 0 Å². The molecule has 1 amide bonds. The van der Waals surface area contributed by atoms with Crippen LogP contribution in [0.3, 0.4) is 0 Å². The van der Waals surface area contributed by atoms with Crippen LogP contribution in [-0.4, -0.2) is 50.1 Å². The Morgan fingerprint density at radius 1 is 1.41 bits per heavy atom. The maximum absolute atomic E-state index is 12.1. The molecule has 0 aromatic heterocycles. The van der Waals surface area contributed by atoms with E-state index in [0.29, 0.717) is 12.1 Å². The molecule has 3 N–H and O–H groups in total. The van der Waals surface area contributed by atoms with E-state index < -0.39 is 16.1 Å². The van der Waals surface area contributed by atoms with Crippen LogP contribution in [0, 0.1) is 0 Å². The number of carbonyl (C=O) groups is 1. The van der Waals surface area contributed by atoms with Gasteiger partial charge in [0.2, 0.25) is 10.0 Å². The summed E-state index contributed by atoms with van der Waals surface area (Å²) in [6.07, 6.45) is 0. The average Bonchev–Trinajstić information content (AvgIpc) is 2.51. The van der Waals surface area contributed by atoms with Gasteiger partial charge in [0.15, 0.2) is 0 Å². The molecule has 0 spiro atoms. The number of carbonyl (C=O) groups excluding carboxylic acids is 1. The number of amides is 1. The first kappa shape index (κ1) is 19.0. The number of thioether (sulfide) groups is 1. The Kier molecular flexibility index (Phi) is 7.88. The van der Waals surface area contributed by atoms with Crippen LogP contribution >= 0.6 is 11.8 Å². The molecule has 1 aromatic rings. The van der Waals surface area contributed by atoms with Gasteiger partial charge in [0.1, 0.15) is 0 Å². The minimum atomic E-state index is -3.75. The van der Waals surface area contributed by atoms with E-state index in [1.807, 2.05) is 6.92 Å². The van der Waals surface area contributed by atoms with E-state index in [1.54, 1.807) is 24.8 Å². The Labute approximate surface area is 135 Å². The third-order valence-corrected chi connectivity index (χ3v) is 5.26. The molecule has 1 rings (SSSR count). The maximum Gasteiger partial charge on any atom is 0.251 e. The van der Waals surface area contributed by atoms with Crippen molar-refractivity contribution in [3.8, 4) is 0 Å². The van der Waals surface area contributed by atoms with Crippen LogP contribution in [-0.2, 0) is 10.0 Å². The zero-order chi connectivity index (χ0) is 16.6.